The molecule has 0 aromatic heterocycles. The highest BCUT2D eigenvalue weighted by Gasteiger charge is 1.84. The maximum atomic E-state index is 4.27. The van der Waals surface area contributed by atoms with Crippen LogP contribution in [0.25, 0.3) is 0 Å². The number of hydrogen-bond acceptors (Lipinski definition) is 0. The van der Waals surface area contributed by atoms with Gasteiger partial charge in [-0.2, -0.15) is 0 Å². The number of hydrogen-bond donors (Lipinski definition) is 0. The van der Waals surface area contributed by atoms with Crippen LogP contribution >= 0.6 is 0 Å². The fourth-order valence-electron chi connectivity index (χ4n) is 0.714. The topological polar surface area (TPSA) is 14.1 Å². The van der Waals surface area contributed by atoms with Crippen LogP contribution in [0.1, 0.15) is 26.2 Å². The third-order valence-corrected chi connectivity index (χ3v) is 1.32. The maximum absolute atomic E-state index is 4.27. The molecule has 1 heteroatoms. The number of nitrogens with zero attached hydrogens (tertiary/aromatic N) is 1. The Morgan fingerprint density at radius 1 is 1.40 bits per heavy atom. The van der Waals surface area contributed by atoms with Crippen LogP contribution in [0, 0.1) is 6.92 Å². The molecule has 0 aliphatic heterocycles. The number of allylic oxidation sites excluding steroid dienone is 1. The van der Waals surface area contributed by atoms with Crippen molar-refractivity contribution in [3.8, 4) is 0 Å². The van der Waals surface area contributed by atoms with E-state index in [2.05, 4.69) is 19.2 Å². The van der Waals surface area contributed by atoms with Crippen molar-refractivity contribution in [3.63, 3.8) is 0 Å². The normalized spacial score (nSPS) is 11.0. The van der Waals surface area contributed by atoms with E-state index in [-0.39, 0.29) is 0 Å². The summed E-state index contributed by atoms with van der Waals surface area (Å²) in [5, 5.41) is 4.27. The molecule has 0 unspecified atom stereocenters. The second-order valence-corrected chi connectivity index (χ2v) is 2.31. The van der Waals surface area contributed by atoms with Crippen LogP contribution in [0.2, 0.25) is 0 Å². The van der Waals surface area contributed by atoms with E-state index < -0.39 is 0 Å². The van der Waals surface area contributed by atoms with Gasteiger partial charge in [-0.05, 0) is 13.3 Å². The molecule has 0 spiro atoms. The van der Waals surface area contributed by atoms with Crippen molar-refractivity contribution in [2.45, 2.75) is 26.2 Å². The molecule has 0 saturated heterocycles. The molecule has 0 rings (SSSR count). The fourth-order valence-corrected chi connectivity index (χ4v) is 0.714. The minimum absolute atomic E-state index is 0.840. The first-order valence-corrected chi connectivity index (χ1v) is 3.99. The summed E-state index contributed by atoms with van der Waals surface area (Å²) in [6.45, 7) is 7.64. The lowest BCUT2D eigenvalue weighted by Crippen LogP contribution is -2.05. The van der Waals surface area contributed by atoms with Gasteiger partial charge in [0.2, 0.25) is 0 Å². The Hall–Kier alpha value is -0.300. The Morgan fingerprint density at radius 3 is 2.80 bits per heavy atom. The van der Waals surface area contributed by atoms with Gasteiger partial charge in [-0.25, -0.2) is 5.32 Å². The maximum Gasteiger partial charge on any atom is 0.0314 e. The highest BCUT2D eigenvalue weighted by atomic mass is 14.8. The average molecular weight is 139 g/mol. The molecule has 0 amide bonds. The lowest BCUT2D eigenvalue weighted by Gasteiger charge is -1.96. The van der Waals surface area contributed by atoms with E-state index in [0.717, 1.165) is 13.1 Å². The summed E-state index contributed by atoms with van der Waals surface area (Å²) in [4.78, 5) is 0. The summed E-state index contributed by atoms with van der Waals surface area (Å²) in [5.41, 5.74) is 0. The lowest BCUT2D eigenvalue weighted by atomic mass is 10.2. The van der Waals surface area contributed by atoms with Gasteiger partial charge in [0.25, 0.3) is 0 Å². The van der Waals surface area contributed by atoms with Crippen molar-refractivity contribution in [2.75, 3.05) is 13.1 Å². The van der Waals surface area contributed by atoms with Gasteiger partial charge in [0.15, 0.2) is 0 Å². The van der Waals surface area contributed by atoms with Crippen molar-refractivity contribution in [3.05, 3.63) is 19.1 Å². The Balaban J connectivity index is 2.77. The van der Waals surface area contributed by atoms with E-state index in [9.17, 15) is 0 Å². The van der Waals surface area contributed by atoms with Crippen LogP contribution in [0.3, 0.4) is 0 Å². The Bertz CT molecular complexity index is 76.8. The van der Waals surface area contributed by atoms with E-state index >= 15 is 0 Å². The largest absolute Gasteiger partial charge is 0.238 e. The molecule has 0 N–H and O–H groups in total. The van der Waals surface area contributed by atoms with Crippen LogP contribution in [0.4, 0.5) is 0 Å². The molecule has 0 fully saturated rings. The first kappa shape index (κ1) is 9.70. The molecular formula is C9H17N. The minimum atomic E-state index is 0.840. The number of rotatable bonds is 6. The molecule has 0 aromatic rings. The fraction of sp³-hybridized carbons (Fsp3) is 0.667. The van der Waals surface area contributed by atoms with Gasteiger partial charge in [-0.1, -0.05) is 31.9 Å². The van der Waals surface area contributed by atoms with Gasteiger partial charge in [0, 0.05) is 13.1 Å². The minimum Gasteiger partial charge on any atom is -0.238 e. The molecule has 2 radical (unpaired) electrons. The zero-order chi connectivity index (χ0) is 7.66. The highest BCUT2D eigenvalue weighted by Crippen LogP contribution is 1.91. The monoisotopic (exact) mass is 139 g/mol. The van der Waals surface area contributed by atoms with E-state index in [0.29, 0.717) is 0 Å². The summed E-state index contributed by atoms with van der Waals surface area (Å²) in [6.07, 6.45) is 7.59. The van der Waals surface area contributed by atoms with E-state index in [4.69, 9.17) is 0 Å². The SMILES string of the molecule is [CH2]C=CC[N]CCCCC. The molecule has 1 nitrogen and oxygen atoms in total. The molecule has 10 heavy (non-hydrogen) atoms. The smallest absolute Gasteiger partial charge is 0.0314 e. The van der Waals surface area contributed by atoms with Gasteiger partial charge in [-0.3, -0.25) is 0 Å². The zero-order valence-corrected chi connectivity index (χ0v) is 6.84. The Kier molecular flexibility index (Phi) is 8.44. The summed E-state index contributed by atoms with van der Waals surface area (Å²) >= 11 is 0. The first-order chi connectivity index (χ1) is 4.91. The van der Waals surface area contributed by atoms with Gasteiger partial charge >= 0.3 is 0 Å². The first-order valence-electron chi connectivity index (χ1n) is 3.99. The standard InChI is InChI=1S/C9H17N/c1-3-5-7-9-10-8-6-4-2/h4,6H,2-3,5,7-9H2,1H3. The molecule has 0 bridgehead atoms. The van der Waals surface area contributed by atoms with E-state index in [1.165, 1.54) is 19.3 Å². The molecule has 0 aliphatic carbocycles. The molecule has 58 valence electrons. The predicted molar refractivity (Wildman–Crippen MR) is 45.9 cm³/mol. The summed E-state index contributed by atoms with van der Waals surface area (Å²) < 4.78 is 0. The van der Waals surface area contributed by atoms with Gasteiger partial charge in [-0.15, -0.1) is 0 Å². The summed E-state index contributed by atoms with van der Waals surface area (Å²) in [5.74, 6) is 0. The van der Waals surface area contributed by atoms with Gasteiger partial charge < -0.3 is 0 Å². The van der Waals surface area contributed by atoms with Gasteiger partial charge in [0.05, 0.1) is 0 Å². The van der Waals surface area contributed by atoms with Crippen molar-refractivity contribution in [1.82, 2.24) is 5.32 Å². The van der Waals surface area contributed by atoms with Crippen molar-refractivity contribution in [2.24, 2.45) is 0 Å². The molecule has 0 aromatic carbocycles. The van der Waals surface area contributed by atoms with Crippen molar-refractivity contribution >= 4 is 0 Å². The van der Waals surface area contributed by atoms with E-state index in [1.807, 2.05) is 6.08 Å². The van der Waals surface area contributed by atoms with Crippen LogP contribution in [-0.4, -0.2) is 13.1 Å². The molecular weight excluding hydrogens is 122 g/mol. The highest BCUT2D eigenvalue weighted by molar-refractivity contribution is 4.85. The second-order valence-electron chi connectivity index (χ2n) is 2.31. The van der Waals surface area contributed by atoms with Crippen LogP contribution in [0.15, 0.2) is 12.2 Å². The predicted octanol–water partition coefficient (Wildman–Crippen LogP) is 2.17. The zero-order valence-electron chi connectivity index (χ0n) is 6.84. The van der Waals surface area contributed by atoms with Crippen LogP contribution in [0.5, 0.6) is 0 Å². The molecule has 0 saturated carbocycles. The molecule has 0 heterocycles. The summed E-state index contributed by atoms with van der Waals surface area (Å²) in [7, 11) is 0. The van der Waals surface area contributed by atoms with Crippen LogP contribution < -0.4 is 5.32 Å². The van der Waals surface area contributed by atoms with Crippen LogP contribution in [-0.2, 0) is 0 Å². The Morgan fingerprint density at radius 2 is 2.20 bits per heavy atom. The Labute approximate surface area is 64.5 Å². The average Bonchev–Trinajstić information content (AvgIpc) is 1.97. The lowest BCUT2D eigenvalue weighted by molar-refractivity contribution is 0.638. The van der Waals surface area contributed by atoms with Crippen molar-refractivity contribution in [1.29, 1.82) is 0 Å². The third kappa shape index (κ3) is 7.70. The molecule has 0 atom stereocenters. The molecule has 0 aliphatic rings. The third-order valence-electron chi connectivity index (χ3n) is 1.32. The van der Waals surface area contributed by atoms with Gasteiger partial charge in [0.1, 0.15) is 0 Å². The number of unbranched alkanes of at least 4 members (excludes halogenated alkanes) is 2. The van der Waals surface area contributed by atoms with Crippen molar-refractivity contribution < 1.29 is 0 Å². The quantitative estimate of drug-likeness (QED) is 0.501. The van der Waals surface area contributed by atoms with E-state index in [1.54, 1.807) is 6.08 Å². The second kappa shape index (κ2) is 8.70. The summed E-state index contributed by atoms with van der Waals surface area (Å²) in [6, 6.07) is 0.